The quantitative estimate of drug-likeness (QED) is 0.840. The molecule has 0 saturated carbocycles. The number of methoxy groups -OCH3 is 1. The molecule has 0 unspecified atom stereocenters. The molecule has 5 heteroatoms. The molecular formula is C16H19N2O3-. The molecule has 0 atom stereocenters. The van der Waals surface area contributed by atoms with Crippen LogP contribution in [-0.2, 0) is 6.42 Å². The third kappa shape index (κ3) is 3.07. The van der Waals surface area contributed by atoms with Crippen molar-refractivity contribution >= 4 is 5.97 Å². The number of rotatable bonds is 5. The van der Waals surface area contributed by atoms with Crippen LogP contribution in [0.3, 0.4) is 0 Å². The summed E-state index contributed by atoms with van der Waals surface area (Å²) in [7, 11) is 1.60. The molecule has 1 aromatic carbocycles. The second kappa shape index (κ2) is 5.99. The van der Waals surface area contributed by atoms with Crippen LogP contribution in [0.5, 0.6) is 5.75 Å². The van der Waals surface area contributed by atoms with Gasteiger partial charge in [-0.15, -0.1) is 0 Å². The highest BCUT2D eigenvalue weighted by atomic mass is 16.5. The molecule has 2 aromatic rings. The molecule has 0 amide bonds. The molecule has 1 aromatic heterocycles. The second-order valence-electron chi connectivity index (χ2n) is 5.40. The van der Waals surface area contributed by atoms with Crippen LogP contribution < -0.4 is 9.84 Å². The number of aromatic nitrogens is 2. The number of aromatic carboxylic acids is 1. The first-order chi connectivity index (χ1) is 9.93. The van der Waals surface area contributed by atoms with Gasteiger partial charge in [0.05, 0.1) is 30.2 Å². The fourth-order valence-electron chi connectivity index (χ4n) is 2.33. The Hall–Kier alpha value is -2.30. The maximum atomic E-state index is 11.4. The molecule has 0 aliphatic rings. The second-order valence-corrected chi connectivity index (χ2v) is 5.40. The number of carbonyl (C=O) groups is 1. The first-order valence-electron chi connectivity index (χ1n) is 6.88. The van der Waals surface area contributed by atoms with Crippen LogP contribution in [0.4, 0.5) is 0 Å². The van der Waals surface area contributed by atoms with E-state index in [1.54, 1.807) is 18.7 Å². The predicted octanol–water partition coefficient (Wildman–Crippen LogP) is 1.75. The van der Waals surface area contributed by atoms with Crippen molar-refractivity contribution in [1.82, 2.24) is 9.78 Å². The number of hydrogen-bond acceptors (Lipinski definition) is 4. The first kappa shape index (κ1) is 15.1. The van der Waals surface area contributed by atoms with Crippen molar-refractivity contribution in [2.45, 2.75) is 27.2 Å². The minimum atomic E-state index is -1.18. The van der Waals surface area contributed by atoms with E-state index >= 15 is 0 Å². The molecule has 0 bridgehead atoms. The van der Waals surface area contributed by atoms with Crippen molar-refractivity contribution in [3.8, 4) is 11.4 Å². The molecule has 1 heterocycles. The van der Waals surface area contributed by atoms with Gasteiger partial charge in [0.15, 0.2) is 0 Å². The van der Waals surface area contributed by atoms with E-state index in [0.717, 1.165) is 11.4 Å². The first-order valence-corrected chi connectivity index (χ1v) is 6.88. The summed E-state index contributed by atoms with van der Waals surface area (Å²) in [5, 5.41) is 15.8. The molecule has 0 saturated heterocycles. The van der Waals surface area contributed by atoms with Gasteiger partial charge in [0.25, 0.3) is 0 Å². The van der Waals surface area contributed by atoms with Gasteiger partial charge in [0.2, 0.25) is 0 Å². The minimum absolute atomic E-state index is 0.194. The van der Waals surface area contributed by atoms with Gasteiger partial charge >= 0.3 is 0 Å². The van der Waals surface area contributed by atoms with Crippen molar-refractivity contribution in [3.05, 3.63) is 41.2 Å². The zero-order valence-electron chi connectivity index (χ0n) is 12.7. The molecular weight excluding hydrogens is 268 g/mol. The van der Waals surface area contributed by atoms with Crippen molar-refractivity contribution in [2.75, 3.05) is 7.11 Å². The average Bonchev–Trinajstić information content (AvgIpc) is 2.75. The van der Waals surface area contributed by atoms with Crippen molar-refractivity contribution in [2.24, 2.45) is 5.92 Å². The van der Waals surface area contributed by atoms with Crippen LogP contribution in [0, 0.1) is 12.8 Å². The summed E-state index contributed by atoms with van der Waals surface area (Å²) in [4.78, 5) is 11.4. The molecule has 2 rings (SSSR count). The number of nitrogens with zero attached hydrogens (tertiary/aromatic N) is 2. The Morgan fingerprint density at radius 3 is 2.43 bits per heavy atom. The third-order valence-corrected chi connectivity index (χ3v) is 3.31. The maximum absolute atomic E-state index is 11.4. The summed E-state index contributed by atoms with van der Waals surface area (Å²) in [6, 6.07) is 7.32. The van der Waals surface area contributed by atoms with Gasteiger partial charge in [-0.1, -0.05) is 13.8 Å². The number of carboxylic acid groups (broad SMARTS) is 1. The Balaban J connectivity index is 2.50. The van der Waals surface area contributed by atoms with Gasteiger partial charge in [-0.3, -0.25) is 0 Å². The Bertz CT molecular complexity index is 642. The Labute approximate surface area is 124 Å². The van der Waals surface area contributed by atoms with Gasteiger partial charge in [-0.2, -0.15) is 5.10 Å². The highest BCUT2D eigenvalue weighted by Crippen LogP contribution is 2.22. The van der Waals surface area contributed by atoms with E-state index in [2.05, 4.69) is 5.10 Å². The molecule has 0 fully saturated rings. The lowest BCUT2D eigenvalue weighted by Crippen LogP contribution is -2.24. The van der Waals surface area contributed by atoms with E-state index < -0.39 is 5.97 Å². The summed E-state index contributed by atoms with van der Waals surface area (Å²) >= 11 is 0. The van der Waals surface area contributed by atoms with Gasteiger partial charge in [0.1, 0.15) is 5.75 Å². The van der Waals surface area contributed by atoms with Gasteiger partial charge in [-0.25, -0.2) is 4.68 Å². The summed E-state index contributed by atoms with van der Waals surface area (Å²) in [6.45, 7) is 5.80. The lowest BCUT2D eigenvalue weighted by Gasteiger charge is -2.07. The van der Waals surface area contributed by atoms with Crippen LogP contribution in [0.15, 0.2) is 24.3 Å². The average molecular weight is 287 g/mol. The molecule has 0 aliphatic heterocycles. The monoisotopic (exact) mass is 287 g/mol. The number of ether oxygens (including phenoxy) is 1. The number of carbonyl (C=O) groups excluding carboxylic acids is 1. The van der Waals surface area contributed by atoms with E-state index in [1.807, 2.05) is 38.1 Å². The van der Waals surface area contributed by atoms with Crippen molar-refractivity contribution in [3.63, 3.8) is 0 Å². The SMILES string of the molecule is COc1ccc(-n2nc(CC(C)C)c(C(=O)[O-])c2C)cc1. The summed E-state index contributed by atoms with van der Waals surface area (Å²) in [5.41, 5.74) is 2.14. The Kier molecular flexibility index (Phi) is 4.31. The van der Waals surface area contributed by atoms with E-state index in [0.29, 0.717) is 23.7 Å². The summed E-state index contributed by atoms with van der Waals surface area (Å²) in [6.07, 6.45) is 0.604. The molecule has 21 heavy (non-hydrogen) atoms. The standard InChI is InChI=1S/C16H20N2O3/c1-10(2)9-14-15(16(19)20)11(3)18(17-14)12-5-7-13(21-4)8-6-12/h5-8,10H,9H2,1-4H3,(H,19,20)/p-1. The van der Waals surface area contributed by atoms with Crippen molar-refractivity contribution < 1.29 is 14.6 Å². The molecule has 0 radical (unpaired) electrons. The fourth-order valence-corrected chi connectivity index (χ4v) is 2.33. The fraction of sp³-hybridized carbons (Fsp3) is 0.375. The highest BCUT2D eigenvalue weighted by molar-refractivity contribution is 5.88. The Morgan fingerprint density at radius 2 is 1.95 bits per heavy atom. The highest BCUT2D eigenvalue weighted by Gasteiger charge is 2.17. The van der Waals surface area contributed by atoms with Gasteiger partial charge in [-0.05, 0) is 43.5 Å². The zero-order chi connectivity index (χ0) is 15.6. The predicted molar refractivity (Wildman–Crippen MR) is 77.7 cm³/mol. The van der Waals surface area contributed by atoms with Crippen LogP contribution in [0.1, 0.15) is 35.6 Å². The van der Waals surface area contributed by atoms with Crippen LogP contribution in [-0.4, -0.2) is 22.9 Å². The van der Waals surface area contributed by atoms with Gasteiger partial charge in [0, 0.05) is 5.56 Å². The maximum Gasteiger partial charge on any atom is 0.119 e. The topological polar surface area (TPSA) is 67.2 Å². The molecule has 5 nitrogen and oxygen atoms in total. The molecule has 0 aliphatic carbocycles. The largest absolute Gasteiger partial charge is 0.545 e. The van der Waals surface area contributed by atoms with E-state index in [4.69, 9.17) is 4.74 Å². The molecule has 112 valence electrons. The van der Waals surface area contributed by atoms with E-state index in [9.17, 15) is 9.90 Å². The van der Waals surface area contributed by atoms with Crippen LogP contribution in [0.2, 0.25) is 0 Å². The summed E-state index contributed by atoms with van der Waals surface area (Å²) < 4.78 is 6.76. The number of hydrogen-bond donors (Lipinski definition) is 0. The van der Waals surface area contributed by atoms with E-state index in [1.165, 1.54) is 0 Å². The lowest BCUT2D eigenvalue weighted by atomic mass is 10.0. The Morgan fingerprint density at radius 1 is 1.33 bits per heavy atom. The lowest BCUT2D eigenvalue weighted by molar-refractivity contribution is -0.255. The van der Waals surface area contributed by atoms with Gasteiger partial charge < -0.3 is 14.6 Å². The molecule has 0 spiro atoms. The van der Waals surface area contributed by atoms with E-state index in [-0.39, 0.29) is 5.56 Å². The third-order valence-electron chi connectivity index (χ3n) is 3.31. The number of carboxylic acids is 1. The summed E-state index contributed by atoms with van der Waals surface area (Å²) in [5.74, 6) is -0.115. The van der Waals surface area contributed by atoms with Crippen molar-refractivity contribution in [1.29, 1.82) is 0 Å². The minimum Gasteiger partial charge on any atom is -0.545 e. The normalized spacial score (nSPS) is 10.9. The van der Waals surface area contributed by atoms with Crippen LogP contribution in [0.25, 0.3) is 5.69 Å². The number of benzene rings is 1. The zero-order valence-corrected chi connectivity index (χ0v) is 12.7. The molecule has 0 N–H and O–H groups in total. The van der Waals surface area contributed by atoms with Crippen LogP contribution >= 0.6 is 0 Å². The smallest absolute Gasteiger partial charge is 0.119 e.